The zero-order valence-electron chi connectivity index (χ0n) is 9.71. The SMILES string of the molecule is Cc1nsc2ncnc(NCC(N)C(C)O)c12. The van der Waals surface area contributed by atoms with Gasteiger partial charge in [0, 0.05) is 12.6 Å². The van der Waals surface area contributed by atoms with Gasteiger partial charge in [-0.25, -0.2) is 9.97 Å². The minimum Gasteiger partial charge on any atom is -0.392 e. The Morgan fingerprint density at radius 1 is 1.53 bits per heavy atom. The first-order chi connectivity index (χ1) is 8.09. The largest absolute Gasteiger partial charge is 0.392 e. The Morgan fingerprint density at radius 3 is 3.00 bits per heavy atom. The van der Waals surface area contributed by atoms with Crippen molar-refractivity contribution in [3.63, 3.8) is 0 Å². The van der Waals surface area contributed by atoms with Gasteiger partial charge in [-0.15, -0.1) is 0 Å². The van der Waals surface area contributed by atoms with E-state index in [9.17, 15) is 5.11 Å². The second kappa shape index (κ2) is 4.91. The molecule has 2 rings (SSSR count). The molecule has 0 radical (unpaired) electrons. The van der Waals surface area contributed by atoms with Crippen molar-refractivity contribution in [3.8, 4) is 0 Å². The van der Waals surface area contributed by atoms with Crippen LogP contribution in [0.3, 0.4) is 0 Å². The molecule has 2 aromatic rings. The summed E-state index contributed by atoms with van der Waals surface area (Å²) < 4.78 is 4.24. The standard InChI is InChI=1S/C10H15N5OS/c1-5-8-9(12-3-7(11)6(2)16)13-4-14-10(8)17-15-5/h4,6-7,16H,3,11H2,1-2H3,(H,12,13,14). The van der Waals surface area contributed by atoms with Gasteiger partial charge >= 0.3 is 0 Å². The quantitative estimate of drug-likeness (QED) is 0.735. The van der Waals surface area contributed by atoms with Gasteiger partial charge in [0.1, 0.15) is 17.0 Å². The molecule has 0 amide bonds. The summed E-state index contributed by atoms with van der Waals surface area (Å²) in [5.41, 5.74) is 6.65. The van der Waals surface area contributed by atoms with Crippen molar-refractivity contribution in [3.05, 3.63) is 12.0 Å². The average Bonchev–Trinajstić information content (AvgIpc) is 2.68. The second-order valence-corrected chi connectivity index (χ2v) is 4.71. The highest BCUT2D eigenvalue weighted by molar-refractivity contribution is 7.13. The summed E-state index contributed by atoms with van der Waals surface area (Å²) in [6, 6.07) is -0.327. The van der Waals surface area contributed by atoms with Gasteiger partial charge in [-0.1, -0.05) is 0 Å². The van der Waals surface area contributed by atoms with Crippen LogP contribution in [0, 0.1) is 6.92 Å². The lowest BCUT2D eigenvalue weighted by Gasteiger charge is -2.15. The molecule has 0 fully saturated rings. The molecule has 0 aliphatic carbocycles. The number of aliphatic hydroxyl groups excluding tert-OH is 1. The maximum atomic E-state index is 9.32. The smallest absolute Gasteiger partial charge is 0.149 e. The molecule has 0 spiro atoms. The molecule has 0 saturated heterocycles. The molecular formula is C10H15N5OS. The van der Waals surface area contributed by atoms with Crippen LogP contribution < -0.4 is 11.1 Å². The number of anilines is 1. The Hall–Kier alpha value is -1.31. The van der Waals surface area contributed by atoms with Gasteiger partial charge < -0.3 is 16.2 Å². The third-order valence-corrected chi connectivity index (χ3v) is 3.42. The molecule has 0 aliphatic heterocycles. The molecule has 6 nitrogen and oxygen atoms in total. The fourth-order valence-electron chi connectivity index (χ4n) is 1.44. The molecule has 17 heavy (non-hydrogen) atoms. The summed E-state index contributed by atoms with van der Waals surface area (Å²) in [5, 5.41) is 13.4. The summed E-state index contributed by atoms with van der Waals surface area (Å²) in [4.78, 5) is 9.18. The molecule has 0 saturated carbocycles. The number of nitrogens with one attached hydrogen (secondary N) is 1. The highest BCUT2D eigenvalue weighted by Crippen LogP contribution is 2.25. The van der Waals surface area contributed by atoms with E-state index in [0.717, 1.165) is 21.7 Å². The molecule has 2 atom stereocenters. The van der Waals surface area contributed by atoms with E-state index in [1.165, 1.54) is 17.9 Å². The van der Waals surface area contributed by atoms with Crippen molar-refractivity contribution < 1.29 is 5.11 Å². The van der Waals surface area contributed by atoms with Crippen LogP contribution >= 0.6 is 11.5 Å². The lowest BCUT2D eigenvalue weighted by Crippen LogP contribution is -2.38. The van der Waals surface area contributed by atoms with Crippen LogP contribution in [0.25, 0.3) is 10.2 Å². The first kappa shape index (κ1) is 12.2. The number of nitrogens with two attached hydrogens (primary N) is 1. The zero-order chi connectivity index (χ0) is 12.4. The van der Waals surface area contributed by atoms with E-state index in [4.69, 9.17) is 5.73 Å². The monoisotopic (exact) mass is 253 g/mol. The van der Waals surface area contributed by atoms with E-state index in [-0.39, 0.29) is 6.04 Å². The van der Waals surface area contributed by atoms with Crippen LogP contribution in [0.15, 0.2) is 6.33 Å². The molecule has 2 aromatic heterocycles. The molecule has 2 unspecified atom stereocenters. The Labute approximate surface area is 103 Å². The number of aliphatic hydroxyl groups is 1. The highest BCUT2D eigenvalue weighted by Gasteiger charge is 2.13. The van der Waals surface area contributed by atoms with Crippen LogP contribution in [-0.2, 0) is 0 Å². The lowest BCUT2D eigenvalue weighted by molar-refractivity contribution is 0.168. The number of nitrogens with zero attached hydrogens (tertiary/aromatic N) is 3. The van der Waals surface area contributed by atoms with Crippen LogP contribution in [0.4, 0.5) is 5.82 Å². The van der Waals surface area contributed by atoms with Crippen molar-refractivity contribution in [2.75, 3.05) is 11.9 Å². The Kier molecular flexibility index (Phi) is 3.51. The first-order valence-electron chi connectivity index (χ1n) is 5.34. The zero-order valence-corrected chi connectivity index (χ0v) is 10.5. The number of fused-ring (bicyclic) bond motifs is 1. The minimum absolute atomic E-state index is 0.327. The number of aromatic nitrogens is 3. The van der Waals surface area contributed by atoms with Crippen molar-refractivity contribution in [1.29, 1.82) is 0 Å². The van der Waals surface area contributed by atoms with E-state index >= 15 is 0 Å². The van der Waals surface area contributed by atoms with Gasteiger partial charge in [0.05, 0.1) is 17.2 Å². The predicted octanol–water partition coefficient (Wildman–Crippen LogP) is 0.515. The molecule has 92 valence electrons. The van der Waals surface area contributed by atoms with Gasteiger partial charge in [-0.3, -0.25) is 0 Å². The minimum atomic E-state index is -0.554. The summed E-state index contributed by atoms with van der Waals surface area (Å²) in [6.45, 7) is 4.04. The van der Waals surface area contributed by atoms with Gasteiger partial charge in [0.15, 0.2) is 0 Å². The molecular weight excluding hydrogens is 238 g/mol. The van der Waals surface area contributed by atoms with Crippen LogP contribution in [0.2, 0.25) is 0 Å². The molecule has 7 heteroatoms. The number of rotatable bonds is 4. The maximum Gasteiger partial charge on any atom is 0.149 e. The first-order valence-corrected chi connectivity index (χ1v) is 6.11. The molecule has 4 N–H and O–H groups in total. The summed E-state index contributed by atoms with van der Waals surface area (Å²) >= 11 is 1.35. The van der Waals surface area contributed by atoms with Gasteiger partial charge in [-0.2, -0.15) is 4.37 Å². The normalized spacial score (nSPS) is 14.8. The van der Waals surface area contributed by atoms with Crippen molar-refractivity contribution in [2.24, 2.45) is 5.73 Å². The fraction of sp³-hybridized carbons (Fsp3) is 0.500. The Balaban J connectivity index is 2.21. The topological polar surface area (TPSA) is 97.0 Å². The predicted molar refractivity (Wildman–Crippen MR) is 68.1 cm³/mol. The van der Waals surface area contributed by atoms with Crippen LogP contribution in [-0.4, -0.2) is 38.1 Å². The van der Waals surface area contributed by atoms with E-state index in [2.05, 4.69) is 19.7 Å². The maximum absolute atomic E-state index is 9.32. The van der Waals surface area contributed by atoms with E-state index in [1.807, 2.05) is 6.92 Å². The van der Waals surface area contributed by atoms with Gasteiger partial charge in [-0.05, 0) is 25.4 Å². The summed E-state index contributed by atoms with van der Waals surface area (Å²) in [6.07, 6.45) is 0.942. The second-order valence-electron chi connectivity index (χ2n) is 3.96. The van der Waals surface area contributed by atoms with Crippen molar-refractivity contribution >= 4 is 27.6 Å². The van der Waals surface area contributed by atoms with Crippen LogP contribution in [0.5, 0.6) is 0 Å². The molecule has 0 bridgehead atoms. The van der Waals surface area contributed by atoms with Gasteiger partial charge in [0.25, 0.3) is 0 Å². The average molecular weight is 253 g/mol. The van der Waals surface area contributed by atoms with Gasteiger partial charge in [0.2, 0.25) is 0 Å². The molecule has 0 aromatic carbocycles. The number of aryl methyl sites for hydroxylation is 1. The van der Waals surface area contributed by atoms with Crippen LogP contribution in [0.1, 0.15) is 12.6 Å². The Bertz CT molecular complexity index is 512. The summed E-state index contributed by atoms with van der Waals surface area (Å²) in [5.74, 6) is 0.720. The molecule has 2 heterocycles. The highest BCUT2D eigenvalue weighted by atomic mass is 32.1. The van der Waals surface area contributed by atoms with E-state index in [0.29, 0.717) is 6.54 Å². The fourth-order valence-corrected chi connectivity index (χ4v) is 2.19. The lowest BCUT2D eigenvalue weighted by atomic mass is 10.2. The third-order valence-electron chi connectivity index (χ3n) is 2.57. The van der Waals surface area contributed by atoms with Crippen molar-refractivity contribution in [2.45, 2.75) is 26.0 Å². The molecule has 0 aliphatic rings. The Morgan fingerprint density at radius 2 is 2.29 bits per heavy atom. The third kappa shape index (κ3) is 2.51. The van der Waals surface area contributed by atoms with Crippen molar-refractivity contribution in [1.82, 2.24) is 14.3 Å². The number of hydrogen-bond acceptors (Lipinski definition) is 7. The van der Waals surface area contributed by atoms with E-state index < -0.39 is 6.10 Å². The van der Waals surface area contributed by atoms with E-state index in [1.54, 1.807) is 6.92 Å². The summed E-state index contributed by atoms with van der Waals surface area (Å²) in [7, 11) is 0. The number of hydrogen-bond donors (Lipinski definition) is 3.